The highest BCUT2D eigenvalue weighted by Crippen LogP contribution is 2.34. The predicted octanol–water partition coefficient (Wildman–Crippen LogP) is -2.18. The van der Waals surface area contributed by atoms with E-state index >= 15 is 0 Å². The third-order valence-corrected chi connectivity index (χ3v) is 8.73. The molecule has 0 aliphatic rings. The number of esters is 7. The van der Waals surface area contributed by atoms with Crippen molar-refractivity contribution in [2.45, 2.75) is 58.8 Å². The van der Waals surface area contributed by atoms with Gasteiger partial charge in [0.25, 0.3) is 0 Å². The second-order valence-electron chi connectivity index (χ2n) is 13.1. The first-order valence-corrected chi connectivity index (χ1v) is 19.2. The van der Waals surface area contributed by atoms with Crippen LogP contribution in [0.1, 0.15) is 58.8 Å². The molecule has 336 valence electrons. The van der Waals surface area contributed by atoms with Crippen LogP contribution in [-0.4, -0.2) is 170 Å². The Morgan fingerprint density at radius 3 is 0.741 bits per heavy atom. The maximum Gasteiger partial charge on any atom is 0.309 e. The minimum atomic E-state index is -1.45. The van der Waals surface area contributed by atoms with Crippen LogP contribution >= 0.6 is 0 Å². The lowest BCUT2D eigenvalue weighted by atomic mass is 9.78. The Kier molecular flexibility index (Phi) is 30.6. The molecule has 0 heterocycles. The normalized spacial score (nSPS) is 14.7. The van der Waals surface area contributed by atoms with Gasteiger partial charge in [-0.05, 0) is 44.9 Å². The van der Waals surface area contributed by atoms with Crippen LogP contribution in [-0.2, 0) is 66.7 Å². The van der Waals surface area contributed by atoms with Gasteiger partial charge in [-0.1, -0.05) is 13.8 Å². The molecule has 7 unspecified atom stereocenters. The molecule has 58 heavy (non-hydrogen) atoms. The molecule has 0 saturated carbocycles. The van der Waals surface area contributed by atoms with Crippen LogP contribution < -0.4 is 0 Å². The van der Waals surface area contributed by atoms with Crippen LogP contribution in [0, 0.1) is 41.4 Å². The molecule has 0 aliphatic carbocycles. The molecule has 0 rings (SSSR count). The van der Waals surface area contributed by atoms with Crippen molar-refractivity contribution in [3.63, 3.8) is 0 Å². The summed E-state index contributed by atoms with van der Waals surface area (Å²) in [7, 11) is 0. The van der Waals surface area contributed by atoms with Gasteiger partial charge in [-0.3, -0.25) is 33.6 Å². The minimum Gasteiger partial charge on any atom is -0.463 e. The Bertz CT molecular complexity index is 1210. The van der Waals surface area contributed by atoms with Crippen LogP contribution in [0.2, 0.25) is 0 Å². The number of aliphatic hydroxyl groups is 7. The number of carbonyl (C=O) groups excluding carboxylic acids is 7. The molecule has 21 nitrogen and oxygen atoms in total. The molecule has 0 aromatic heterocycles. The van der Waals surface area contributed by atoms with Gasteiger partial charge in [0.1, 0.15) is 46.2 Å². The van der Waals surface area contributed by atoms with Gasteiger partial charge in [0, 0.05) is 0 Å². The molecule has 0 aromatic carbocycles. The predicted molar refractivity (Wildman–Crippen MR) is 194 cm³/mol. The van der Waals surface area contributed by atoms with Crippen molar-refractivity contribution in [2.75, 3.05) is 92.5 Å². The zero-order valence-corrected chi connectivity index (χ0v) is 33.2. The third-order valence-electron chi connectivity index (χ3n) is 8.73. The summed E-state index contributed by atoms with van der Waals surface area (Å²) >= 11 is 0. The zero-order chi connectivity index (χ0) is 43.9. The van der Waals surface area contributed by atoms with E-state index in [0.29, 0.717) is 0 Å². The molecular formula is C37H62O21. The first-order valence-electron chi connectivity index (χ1n) is 19.2. The number of aliphatic hydroxyl groups excluding tert-OH is 7. The van der Waals surface area contributed by atoms with Crippen molar-refractivity contribution in [3.8, 4) is 0 Å². The monoisotopic (exact) mass is 842 g/mol. The summed E-state index contributed by atoms with van der Waals surface area (Å²) in [6.45, 7) is -3.85. The average molecular weight is 843 g/mol. The van der Waals surface area contributed by atoms with E-state index in [1.54, 1.807) is 6.92 Å². The lowest BCUT2D eigenvalue weighted by Crippen LogP contribution is -2.35. The lowest BCUT2D eigenvalue weighted by molar-refractivity contribution is -0.158. The van der Waals surface area contributed by atoms with E-state index in [9.17, 15) is 59.1 Å². The molecule has 0 amide bonds. The fourth-order valence-corrected chi connectivity index (χ4v) is 5.99. The molecule has 0 radical (unpaired) electrons. The molecule has 7 N–H and O–H groups in total. The highest BCUT2D eigenvalue weighted by atomic mass is 16.6. The van der Waals surface area contributed by atoms with Gasteiger partial charge in [-0.15, -0.1) is 0 Å². The SMILES string of the molecule is CCC(CC(CC(CC(CC(CC(CC(C)C(=O)OCCO)C(=O)OCCO)C(=O)OCCO)C(=O)OCCO)C(=O)OCCO)C(=O)OCCO)C(=O)OCCO. The second kappa shape index (κ2) is 32.9. The van der Waals surface area contributed by atoms with Gasteiger partial charge < -0.3 is 68.9 Å². The van der Waals surface area contributed by atoms with Gasteiger partial charge in [0.15, 0.2) is 0 Å². The lowest BCUT2D eigenvalue weighted by Gasteiger charge is -2.29. The molecule has 21 heteroatoms. The Hall–Kier alpha value is -3.99. The van der Waals surface area contributed by atoms with Gasteiger partial charge in [0.05, 0.1) is 87.7 Å². The Morgan fingerprint density at radius 1 is 0.328 bits per heavy atom. The second-order valence-corrected chi connectivity index (χ2v) is 13.1. The smallest absolute Gasteiger partial charge is 0.309 e. The van der Waals surface area contributed by atoms with Crippen molar-refractivity contribution >= 4 is 41.8 Å². The van der Waals surface area contributed by atoms with Crippen molar-refractivity contribution in [2.24, 2.45) is 41.4 Å². The average Bonchev–Trinajstić information content (AvgIpc) is 3.22. The maximum atomic E-state index is 13.6. The van der Waals surface area contributed by atoms with Crippen LogP contribution in [0.15, 0.2) is 0 Å². The summed E-state index contributed by atoms with van der Waals surface area (Å²) in [5, 5.41) is 64.9. The summed E-state index contributed by atoms with van der Waals surface area (Å²) in [6, 6.07) is 0. The van der Waals surface area contributed by atoms with E-state index < -0.39 is 188 Å². The fraction of sp³-hybridized carbons (Fsp3) is 0.811. The van der Waals surface area contributed by atoms with Gasteiger partial charge >= 0.3 is 41.8 Å². The van der Waals surface area contributed by atoms with Gasteiger partial charge in [-0.25, -0.2) is 0 Å². The number of hydrogen-bond acceptors (Lipinski definition) is 21. The van der Waals surface area contributed by atoms with E-state index in [-0.39, 0.29) is 32.5 Å². The molecule has 0 fully saturated rings. The Morgan fingerprint density at radius 2 is 0.517 bits per heavy atom. The molecular weight excluding hydrogens is 780 g/mol. The number of ether oxygens (including phenoxy) is 7. The van der Waals surface area contributed by atoms with E-state index in [1.807, 2.05) is 0 Å². The van der Waals surface area contributed by atoms with Crippen molar-refractivity contribution < 1.29 is 102 Å². The maximum absolute atomic E-state index is 13.6. The van der Waals surface area contributed by atoms with Gasteiger partial charge in [0.2, 0.25) is 0 Å². The van der Waals surface area contributed by atoms with E-state index in [4.69, 9.17) is 43.4 Å². The van der Waals surface area contributed by atoms with E-state index in [2.05, 4.69) is 0 Å². The van der Waals surface area contributed by atoms with Crippen LogP contribution in [0.3, 0.4) is 0 Å². The van der Waals surface area contributed by atoms with Gasteiger partial charge in [-0.2, -0.15) is 0 Å². The third kappa shape index (κ3) is 22.2. The van der Waals surface area contributed by atoms with Crippen LogP contribution in [0.5, 0.6) is 0 Å². The summed E-state index contributed by atoms with van der Waals surface area (Å²) < 4.78 is 35.8. The molecule has 0 aliphatic heterocycles. The minimum absolute atomic E-state index is 0.154. The topological polar surface area (TPSA) is 326 Å². The fourth-order valence-electron chi connectivity index (χ4n) is 5.99. The van der Waals surface area contributed by atoms with Crippen molar-refractivity contribution in [1.29, 1.82) is 0 Å². The van der Waals surface area contributed by atoms with Crippen molar-refractivity contribution in [3.05, 3.63) is 0 Å². The highest BCUT2D eigenvalue weighted by molar-refractivity contribution is 5.81. The quantitative estimate of drug-likeness (QED) is 0.0267. The molecule has 0 spiro atoms. The van der Waals surface area contributed by atoms with Crippen LogP contribution in [0.25, 0.3) is 0 Å². The number of carbonyl (C=O) groups is 7. The highest BCUT2D eigenvalue weighted by Gasteiger charge is 2.40. The number of hydrogen-bond donors (Lipinski definition) is 7. The summed E-state index contributed by atoms with van der Waals surface area (Å²) in [4.78, 5) is 92.6. The number of rotatable bonds is 34. The Balaban J connectivity index is 7.13. The van der Waals surface area contributed by atoms with Crippen LogP contribution in [0.4, 0.5) is 0 Å². The zero-order valence-electron chi connectivity index (χ0n) is 33.2. The van der Waals surface area contributed by atoms with Crippen molar-refractivity contribution in [1.82, 2.24) is 0 Å². The summed E-state index contributed by atoms with van der Waals surface area (Å²) in [6.07, 6.45) is -2.29. The molecule has 7 atom stereocenters. The standard InChI is InChI=1S/C37H62O21/c1-3-25(32(46)53-12-5-39)19-27(34(48)55-14-7-41)21-29(36(50)57-16-9-43)23-30(37(51)58-17-10-44)22-28(35(49)56-15-8-42)20-26(33(47)54-13-6-40)18-24(2)31(45)52-11-4-38/h24-30,38-44H,3-23H2,1-2H3. The summed E-state index contributed by atoms with van der Waals surface area (Å²) in [5.74, 6) is -15.2. The first kappa shape index (κ1) is 54.0. The molecule has 0 aromatic rings. The first-order chi connectivity index (χ1) is 27.8. The molecule has 0 saturated heterocycles. The van der Waals surface area contributed by atoms with E-state index in [0.717, 1.165) is 0 Å². The summed E-state index contributed by atoms with van der Waals surface area (Å²) in [5.41, 5.74) is 0. The largest absolute Gasteiger partial charge is 0.463 e. The van der Waals surface area contributed by atoms with E-state index in [1.165, 1.54) is 6.92 Å². The Labute approximate surface area is 336 Å². The molecule has 0 bridgehead atoms.